The number of nitrogens with one attached hydrogen (secondary N) is 2. The number of sulfonamides is 1. The van der Waals surface area contributed by atoms with Crippen LogP contribution in [0.4, 0.5) is 0 Å². The van der Waals surface area contributed by atoms with Crippen molar-refractivity contribution in [1.82, 2.24) is 10.0 Å². The molecule has 0 spiro atoms. The predicted octanol–water partition coefficient (Wildman–Crippen LogP) is 0.317. The number of rotatable bonds is 4. The molecule has 0 aliphatic carbocycles. The summed E-state index contributed by atoms with van der Waals surface area (Å²) < 4.78 is 26.2. The zero-order chi connectivity index (χ0) is 12.2. The van der Waals surface area contributed by atoms with E-state index in [9.17, 15) is 8.42 Å². The van der Waals surface area contributed by atoms with E-state index in [1.807, 2.05) is 0 Å². The fraction of sp³-hybridized carbons (Fsp3) is 0.818. The van der Waals surface area contributed by atoms with Crippen LogP contribution in [-0.2, 0) is 10.0 Å². The van der Waals surface area contributed by atoms with Crippen molar-refractivity contribution >= 4 is 10.0 Å². The van der Waals surface area contributed by atoms with E-state index in [-0.39, 0.29) is 11.7 Å². The van der Waals surface area contributed by atoms with Gasteiger partial charge in [0.2, 0.25) is 10.0 Å². The van der Waals surface area contributed by atoms with Crippen molar-refractivity contribution in [3.8, 4) is 12.3 Å². The van der Waals surface area contributed by atoms with E-state index < -0.39 is 15.6 Å². The Morgan fingerprint density at radius 2 is 2.00 bits per heavy atom. The molecule has 1 rings (SSSR count). The second kappa shape index (κ2) is 5.17. The Bertz CT molecular complexity index is 362. The van der Waals surface area contributed by atoms with Gasteiger partial charge in [-0.15, -0.1) is 6.42 Å². The Hall–Kier alpha value is -0.570. The highest BCUT2D eigenvalue weighted by Crippen LogP contribution is 2.15. The molecule has 0 aromatic carbocycles. The molecule has 0 radical (unpaired) electrons. The second-order valence-corrected chi connectivity index (χ2v) is 6.61. The van der Waals surface area contributed by atoms with E-state index >= 15 is 0 Å². The van der Waals surface area contributed by atoms with E-state index in [2.05, 4.69) is 16.0 Å². The van der Waals surface area contributed by atoms with Gasteiger partial charge in [0.05, 0.1) is 11.3 Å². The average Bonchev–Trinajstić information content (AvgIpc) is 2.17. The van der Waals surface area contributed by atoms with Gasteiger partial charge in [0.25, 0.3) is 0 Å². The molecular formula is C11H20N2O2S. The second-order valence-electron chi connectivity index (χ2n) is 4.85. The smallest absolute Gasteiger partial charge is 0.213 e. The SMILES string of the molecule is C#CC(C)(C)NS(=O)(=O)CC1CCNCC1. The van der Waals surface area contributed by atoms with Crippen LogP contribution in [0, 0.1) is 18.3 Å². The molecule has 1 aliphatic rings. The molecule has 0 aromatic heterocycles. The summed E-state index contributed by atoms with van der Waals surface area (Å²) in [5.41, 5.74) is -0.800. The summed E-state index contributed by atoms with van der Waals surface area (Å²) in [6.07, 6.45) is 7.09. The Balaban J connectivity index is 2.55. The number of terminal acetylenes is 1. The summed E-state index contributed by atoms with van der Waals surface area (Å²) in [6.45, 7) is 5.18. The van der Waals surface area contributed by atoms with Crippen molar-refractivity contribution in [2.24, 2.45) is 5.92 Å². The molecule has 0 unspecified atom stereocenters. The highest BCUT2D eigenvalue weighted by Gasteiger charge is 2.26. The van der Waals surface area contributed by atoms with Crippen LogP contribution in [0.5, 0.6) is 0 Å². The monoisotopic (exact) mass is 244 g/mol. The number of hydrogen-bond acceptors (Lipinski definition) is 3. The standard InChI is InChI=1S/C11H20N2O2S/c1-4-11(2,3)13-16(14,15)9-10-5-7-12-8-6-10/h1,10,12-13H,5-9H2,2-3H3. The first-order valence-electron chi connectivity index (χ1n) is 5.55. The molecule has 4 nitrogen and oxygen atoms in total. The molecule has 0 bridgehead atoms. The van der Waals surface area contributed by atoms with Crippen LogP contribution in [0.15, 0.2) is 0 Å². The minimum atomic E-state index is -3.27. The maximum Gasteiger partial charge on any atom is 0.213 e. The van der Waals surface area contributed by atoms with Gasteiger partial charge < -0.3 is 5.32 Å². The molecule has 16 heavy (non-hydrogen) atoms. The van der Waals surface area contributed by atoms with Crippen molar-refractivity contribution in [2.75, 3.05) is 18.8 Å². The maximum atomic E-state index is 11.8. The molecule has 0 amide bonds. The van der Waals surface area contributed by atoms with Gasteiger partial charge in [-0.1, -0.05) is 5.92 Å². The Morgan fingerprint density at radius 1 is 1.44 bits per heavy atom. The third-order valence-corrected chi connectivity index (χ3v) is 4.42. The molecule has 0 saturated carbocycles. The van der Waals surface area contributed by atoms with Crippen LogP contribution < -0.4 is 10.0 Å². The molecule has 0 aromatic rings. The van der Waals surface area contributed by atoms with Gasteiger partial charge in [-0.3, -0.25) is 0 Å². The lowest BCUT2D eigenvalue weighted by Gasteiger charge is -2.25. The molecule has 1 heterocycles. The quantitative estimate of drug-likeness (QED) is 0.700. The van der Waals surface area contributed by atoms with Gasteiger partial charge in [-0.05, 0) is 45.7 Å². The van der Waals surface area contributed by atoms with Gasteiger partial charge >= 0.3 is 0 Å². The lowest BCUT2D eigenvalue weighted by molar-refractivity contribution is 0.398. The van der Waals surface area contributed by atoms with Crippen molar-refractivity contribution < 1.29 is 8.42 Å². The number of hydrogen-bond donors (Lipinski definition) is 2. The van der Waals surface area contributed by atoms with E-state index in [0.717, 1.165) is 25.9 Å². The van der Waals surface area contributed by atoms with Crippen LogP contribution >= 0.6 is 0 Å². The Labute approximate surface area is 98.2 Å². The van der Waals surface area contributed by atoms with Gasteiger partial charge in [-0.25, -0.2) is 8.42 Å². The van der Waals surface area contributed by atoms with E-state index in [0.29, 0.717) is 0 Å². The van der Waals surface area contributed by atoms with Gasteiger partial charge in [0.15, 0.2) is 0 Å². The van der Waals surface area contributed by atoms with Crippen molar-refractivity contribution in [3.63, 3.8) is 0 Å². The predicted molar refractivity (Wildman–Crippen MR) is 65.4 cm³/mol. The third kappa shape index (κ3) is 4.52. The van der Waals surface area contributed by atoms with Crippen molar-refractivity contribution in [3.05, 3.63) is 0 Å². The average molecular weight is 244 g/mol. The minimum absolute atomic E-state index is 0.180. The minimum Gasteiger partial charge on any atom is -0.317 e. The first-order valence-corrected chi connectivity index (χ1v) is 7.20. The fourth-order valence-corrected chi connectivity index (χ4v) is 3.69. The van der Waals surface area contributed by atoms with Crippen LogP contribution in [-0.4, -0.2) is 32.8 Å². The zero-order valence-electron chi connectivity index (χ0n) is 9.91. The number of piperidine rings is 1. The molecule has 92 valence electrons. The largest absolute Gasteiger partial charge is 0.317 e. The molecular weight excluding hydrogens is 224 g/mol. The van der Waals surface area contributed by atoms with Crippen LogP contribution in [0.25, 0.3) is 0 Å². The third-order valence-electron chi connectivity index (χ3n) is 2.69. The molecule has 0 atom stereocenters. The van der Waals surface area contributed by atoms with Crippen LogP contribution in [0.2, 0.25) is 0 Å². The fourth-order valence-electron chi connectivity index (χ4n) is 1.82. The molecule has 2 N–H and O–H groups in total. The highest BCUT2D eigenvalue weighted by molar-refractivity contribution is 7.89. The van der Waals surface area contributed by atoms with Crippen LogP contribution in [0.3, 0.4) is 0 Å². The van der Waals surface area contributed by atoms with Crippen molar-refractivity contribution in [1.29, 1.82) is 0 Å². The summed E-state index contributed by atoms with van der Waals surface area (Å²) in [5.74, 6) is 2.86. The molecule has 1 aliphatic heterocycles. The lowest BCUT2D eigenvalue weighted by Crippen LogP contribution is -2.45. The first-order chi connectivity index (χ1) is 7.35. The molecule has 1 fully saturated rings. The molecule has 5 heteroatoms. The topological polar surface area (TPSA) is 58.2 Å². The van der Waals surface area contributed by atoms with Gasteiger partial charge in [0, 0.05) is 0 Å². The summed E-state index contributed by atoms with van der Waals surface area (Å²) in [7, 11) is -3.27. The summed E-state index contributed by atoms with van der Waals surface area (Å²) in [5, 5.41) is 3.21. The summed E-state index contributed by atoms with van der Waals surface area (Å²) >= 11 is 0. The maximum absolute atomic E-state index is 11.8. The Kier molecular flexibility index (Phi) is 4.36. The van der Waals surface area contributed by atoms with Gasteiger partial charge in [-0.2, -0.15) is 4.72 Å². The lowest BCUT2D eigenvalue weighted by atomic mass is 10.0. The van der Waals surface area contributed by atoms with E-state index in [4.69, 9.17) is 6.42 Å². The summed E-state index contributed by atoms with van der Waals surface area (Å²) in [6, 6.07) is 0. The van der Waals surface area contributed by atoms with E-state index in [1.54, 1.807) is 13.8 Å². The summed E-state index contributed by atoms with van der Waals surface area (Å²) in [4.78, 5) is 0. The van der Waals surface area contributed by atoms with Gasteiger partial charge in [0.1, 0.15) is 0 Å². The normalized spacial score (nSPS) is 19.3. The Morgan fingerprint density at radius 3 is 2.50 bits per heavy atom. The van der Waals surface area contributed by atoms with E-state index in [1.165, 1.54) is 0 Å². The molecule has 1 saturated heterocycles. The highest BCUT2D eigenvalue weighted by atomic mass is 32.2. The van der Waals surface area contributed by atoms with Crippen molar-refractivity contribution in [2.45, 2.75) is 32.2 Å². The van der Waals surface area contributed by atoms with Crippen LogP contribution in [0.1, 0.15) is 26.7 Å². The zero-order valence-corrected chi connectivity index (χ0v) is 10.7. The first kappa shape index (κ1) is 13.5.